The molecule has 138 valence electrons. The lowest BCUT2D eigenvalue weighted by Crippen LogP contribution is -2.33. The number of carbonyl (C=O) groups excluding carboxylic acids is 1. The summed E-state index contributed by atoms with van der Waals surface area (Å²) >= 11 is 0. The Morgan fingerprint density at radius 3 is 2.76 bits per heavy atom. The summed E-state index contributed by atoms with van der Waals surface area (Å²) in [5.41, 5.74) is 3.73. The molecule has 0 fully saturated rings. The molecule has 1 aliphatic rings. The van der Waals surface area contributed by atoms with Crippen molar-refractivity contribution in [3.05, 3.63) is 41.5 Å². The summed E-state index contributed by atoms with van der Waals surface area (Å²) in [7, 11) is 0. The van der Waals surface area contributed by atoms with E-state index in [1.807, 2.05) is 26.8 Å². The van der Waals surface area contributed by atoms with Gasteiger partial charge in [0.1, 0.15) is 11.4 Å². The Labute approximate surface area is 151 Å². The number of benzene rings is 1. The molecular formula is C21H31NO3. The third-order valence-electron chi connectivity index (χ3n) is 4.20. The summed E-state index contributed by atoms with van der Waals surface area (Å²) in [6, 6.07) is 4.29. The Kier molecular flexibility index (Phi) is 6.91. The molecule has 0 aliphatic heterocycles. The average Bonchev–Trinajstić information content (AvgIpc) is 2.54. The van der Waals surface area contributed by atoms with Gasteiger partial charge in [-0.15, -0.1) is 6.58 Å². The first-order valence-electron chi connectivity index (χ1n) is 9.25. The van der Waals surface area contributed by atoms with Crippen LogP contribution in [0.5, 0.6) is 5.75 Å². The largest absolute Gasteiger partial charge is 0.493 e. The molecule has 2 rings (SSSR count). The monoisotopic (exact) mass is 345 g/mol. The van der Waals surface area contributed by atoms with Crippen molar-refractivity contribution in [1.29, 1.82) is 0 Å². The number of hydrogen-bond acceptors (Lipinski definition) is 3. The third kappa shape index (κ3) is 6.11. The lowest BCUT2D eigenvalue weighted by molar-refractivity contribution is 0.0525. The zero-order chi connectivity index (χ0) is 18.3. The van der Waals surface area contributed by atoms with Crippen LogP contribution in [0.15, 0.2) is 24.8 Å². The number of fused-ring (bicyclic) bond motifs is 1. The van der Waals surface area contributed by atoms with E-state index >= 15 is 0 Å². The quantitative estimate of drug-likeness (QED) is 0.581. The van der Waals surface area contributed by atoms with Gasteiger partial charge in [0, 0.05) is 12.1 Å². The standard InChI is InChI=1S/C21H31NO3/c1-5-9-18-17-11-7-6-10-16(17)12-13-19(18)24-15-8-14-22-20(23)25-21(2,3)4/h5,12-13H,1,6-11,14-15H2,2-4H3,(H,22,23). The molecule has 4 heteroatoms. The lowest BCUT2D eigenvalue weighted by atomic mass is 9.87. The molecule has 0 aromatic heterocycles. The van der Waals surface area contributed by atoms with E-state index in [-0.39, 0.29) is 6.09 Å². The van der Waals surface area contributed by atoms with Crippen LogP contribution >= 0.6 is 0 Å². The number of nitrogens with one attached hydrogen (secondary N) is 1. The van der Waals surface area contributed by atoms with E-state index in [1.165, 1.54) is 36.0 Å². The van der Waals surface area contributed by atoms with Crippen LogP contribution in [0.4, 0.5) is 4.79 Å². The van der Waals surface area contributed by atoms with E-state index in [0.29, 0.717) is 13.2 Å². The van der Waals surface area contributed by atoms with Gasteiger partial charge in [-0.2, -0.15) is 0 Å². The zero-order valence-corrected chi connectivity index (χ0v) is 15.8. The lowest BCUT2D eigenvalue weighted by Gasteiger charge is -2.22. The number of allylic oxidation sites excluding steroid dienone is 1. The molecule has 0 spiro atoms. The van der Waals surface area contributed by atoms with Gasteiger partial charge in [-0.25, -0.2) is 4.79 Å². The molecule has 4 nitrogen and oxygen atoms in total. The second kappa shape index (κ2) is 8.93. The van der Waals surface area contributed by atoms with Crippen LogP contribution in [0.2, 0.25) is 0 Å². The van der Waals surface area contributed by atoms with Crippen molar-refractivity contribution in [2.24, 2.45) is 0 Å². The highest BCUT2D eigenvalue weighted by molar-refractivity contribution is 5.67. The van der Waals surface area contributed by atoms with Gasteiger partial charge in [-0.1, -0.05) is 12.1 Å². The summed E-state index contributed by atoms with van der Waals surface area (Å²) in [5, 5.41) is 2.76. The van der Waals surface area contributed by atoms with Gasteiger partial charge in [0.25, 0.3) is 0 Å². The second-order valence-corrected chi connectivity index (χ2v) is 7.51. The minimum atomic E-state index is -0.469. The van der Waals surface area contributed by atoms with Crippen LogP contribution in [0.1, 0.15) is 56.7 Å². The van der Waals surface area contributed by atoms with E-state index in [0.717, 1.165) is 25.0 Å². The SMILES string of the molecule is C=CCc1c(OCCCNC(=O)OC(C)(C)C)ccc2c1CCCC2. The molecule has 0 unspecified atom stereocenters. The molecule has 1 N–H and O–H groups in total. The first-order valence-corrected chi connectivity index (χ1v) is 9.25. The molecule has 0 heterocycles. The maximum absolute atomic E-state index is 11.6. The zero-order valence-electron chi connectivity index (χ0n) is 15.8. The van der Waals surface area contributed by atoms with Crippen LogP contribution in [0.25, 0.3) is 0 Å². The van der Waals surface area contributed by atoms with Crippen molar-refractivity contribution >= 4 is 6.09 Å². The van der Waals surface area contributed by atoms with E-state index < -0.39 is 5.60 Å². The normalized spacial score (nSPS) is 13.7. The number of aryl methyl sites for hydroxylation is 1. The van der Waals surface area contributed by atoms with Crippen molar-refractivity contribution in [2.75, 3.05) is 13.2 Å². The van der Waals surface area contributed by atoms with E-state index in [4.69, 9.17) is 9.47 Å². The Morgan fingerprint density at radius 1 is 1.28 bits per heavy atom. The van der Waals surface area contributed by atoms with Crippen LogP contribution < -0.4 is 10.1 Å². The molecule has 0 bridgehead atoms. The highest BCUT2D eigenvalue weighted by Gasteiger charge is 2.17. The van der Waals surface area contributed by atoms with Crippen LogP contribution in [-0.4, -0.2) is 24.8 Å². The molecule has 0 atom stereocenters. The number of alkyl carbamates (subject to hydrolysis) is 1. The molecule has 1 aliphatic carbocycles. The Bertz CT molecular complexity index is 602. The van der Waals surface area contributed by atoms with Gasteiger partial charge in [-0.3, -0.25) is 0 Å². The summed E-state index contributed by atoms with van der Waals surface area (Å²) < 4.78 is 11.2. The fraction of sp³-hybridized carbons (Fsp3) is 0.571. The van der Waals surface area contributed by atoms with Crippen LogP contribution in [0, 0.1) is 0 Å². The van der Waals surface area contributed by atoms with E-state index in [1.54, 1.807) is 0 Å². The number of carbonyl (C=O) groups is 1. The highest BCUT2D eigenvalue weighted by Crippen LogP contribution is 2.31. The number of amides is 1. The minimum Gasteiger partial charge on any atom is -0.493 e. The van der Waals surface area contributed by atoms with Crippen molar-refractivity contribution in [3.63, 3.8) is 0 Å². The predicted octanol–water partition coefficient (Wildman–Crippen LogP) is 4.59. The maximum atomic E-state index is 11.6. The van der Waals surface area contributed by atoms with Gasteiger partial charge < -0.3 is 14.8 Å². The fourth-order valence-corrected chi connectivity index (χ4v) is 3.15. The first-order chi connectivity index (χ1) is 11.9. The predicted molar refractivity (Wildman–Crippen MR) is 101 cm³/mol. The van der Waals surface area contributed by atoms with Crippen molar-refractivity contribution in [3.8, 4) is 5.75 Å². The number of ether oxygens (including phenoxy) is 2. The van der Waals surface area contributed by atoms with E-state index in [2.05, 4.69) is 24.0 Å². The molecule has 25 heavy (non-hydrogen) atoms. The fourth-order valence-electron chi connectivity index (χ4n) is 3.15. The summed E-state index contributed by atoms with van der Waals surface area (Å²) in [4.78, 5) is 11.6. The first kappa shape index (κ1) is 19.4. The Hall–Kier alpha value is -1.97. The third-order valence-corrected chi connectivity index (χ3v) is 4.20. The van der Waals surface area contributed by atoms with Crippen LogP contribution in [-0.2, 0) is 24.0 Å². The summed E-state index contributed by atoms with van der Waals surface area (Å²) in [6.07, 6.45) is 7.97. The highest BCUT2D eigenvalue weighted by atomic mass is 16.6. The topological polar surface area (TPSA) is 47.6 Å². The van der Waals surface area contributed by atoms with Crippen molar-refractivity contribution in [2.45, 2.75) is 64.9 Å². The van der Waals surface area contributed by atoms with Crippen LogP contribution in [0.3, 0.4) is 0 Å². The minimum absolute atomic E-state index is 0.381. The maximum Gasteiger partial charge on any atom is 0.407 e. The molecular weight excluding hydrogens is 314 g/mol. The smallest absolute Gasteiger partial charge is 0.407 e. The van der Waals surface area contributed by atoms with Gasteiger partial charge in [-0.05, 0) is 76.5 Å². The Balaban J connectivity index is 1.84. The average molecular weight is 345 g/mol. The molecule has 1 aromatic carbocycles. The molecule has 1 amide bonds. The molecule has 1 aromatic rings. The Morgan fingerprint density at radius 2 is 2.04 bits per heavy atom. The van der Waals surface area contributed by atoms with Gasteiger partial charge in [0.05, 0.1) is 6.61 Å². The van der Waals surface area contributed by atoms with Gasteiger partial charge >= 0.3 is 6.09 Å². The summed E-state index contributed by atoms with van der Waals surface area (Å²) in [6.45, 7) is 10.6. The van der Waals surface area contributed by atoms with Crippen molar-refractivity contribution < 1.29 is 14.3 Å². The molecule has 0 saturated heterocycles. The van der Waals surface area contributed by atoms with E-state index in [9.17, 15) is 4.79 Å². The molecule has 0 saturated carbocycles. The second-order valence-electron chi connectivity index (χ2n) is 7.51. The summed E-state index contributed by atoms with van der Waals surface area (Å²) in [5.74, 6) is 0.956. The molecule has 0 radical (unpaired) electrons. The van der Waals surface area contributed by atoms with Gasteiger partial charge in [0.15, 0.2) is 0 Å². The number of rotatable bonds is 7. The number of hydrogen-bond donors (Lipinski definition) is 1. The van der Waals surface area contributed by atoms with Crippen molar-refractivity contribution in [1.82, 2.24) is 5.32 Å². The van der Waals surface area contributed by atoms with Gasteiger partial charge in [0.2, 0.25) is 0 Å².